The van der Waals surface area contributed by atoms with Gasteiger partial charge in [-0.3, -0.25) is 5.14 Å². The molecular weight excluding hydrogens is 190 g/mol. The van der Waals surface area contributed by atoms with Crippen LogP contribution in [0.4, 0.5) is 0 Å². The largest absolute Gasteiger partial charge is 0.274 e. The molecule has 0 amide bonds. The predicted octanol–water partition coefficient (Wildman–Crippen LogP) is 3.32. The van der Waals surface area contributed by atoms with Crippen molar-refractivity contribution in [3.63, 3.8) is 0 Å². The SMILES string of the molecule is NSc1cccc(-c2ccccc2)c1. The molecule has 0 heterocycles. The fraction of sp³-hybridized carbons (Fsp3) is 0. The molecule has 0 saturated carbocycles. The molecule has 14 heavy (non-hydrogen) atoms. The van der Waals surface area contributed by atoms with Crippen molar-refractivity contribution < 1.29 is 0 Å². The molecule has 0 spiro atoms. The fourth-order valence-electron chi connectivity index (χ4n) is 1.38. The molecule has 0 bridgehead atoms. The summed E-state index contributed by atoms with van der Waals surface area (Å²) in [4.78, 5) is 1.09. The highest BCUT2D eigenvalue weighted by atomic mass is 32.2. The third-order valence-corrected chi connectivity index (χ3v) is 2.60. The Balaban J connectivity index is 2.42. The van der Waals surface area contributed by atoms with Crippen molar-refractivity contribution in [3.05, 3.63) is 54.6 Å². The molecule has 2 heteroatoms. The maximum absolute atomic E-state index is 5.51. The Labute approximate surface area is 88.1 Å². The number of benzene rings is 2. The molecule has 1 nitrogen and oxygen atoms in total. The summed E-state index contributed by atoms with van der Waals surface area (Å²) in [7, 11) is 0. The number of hydrogen-bond donors (Lipinski definition) is 1. The first-order valence-electron chi connectivity index (χ1n) is 4.42. The Morgan fingerprint density at radius 1 is 0.786 bits per heavy atom. The van der Waals surface area contributed by atoms with Gasteiger partial charge in [-0.1, -0.05) is 42.5 Å². The van der Waals surface area contributed by atoms with Crippen LogP contribution in [-0.4, -0.2) is 0 Å². The molecule has 0 aliphatic carbocycles. The summed E-state index contributed by atoms with van der Waals surface area (Å²) in [6, 6.07) is 18.5. The molecule has 2 N–H and O–H groups in total. The summed E-state index contributed by atoms with van der Waals surface area (Å²) in [5.41, 5.74) is 2.43. The second kappa shape index (κ2) is 4.31. The molecule has 0 aromatic heterocycles. The zero-order chi connectivity index (χ0) is 9.80. The lowest BCUT2D eigenvalue weighted by atomic mass is 10.1. The molecule has 70 valence electrons. The van der Waals surface area contributed by atoms with Gasteiger partial charge in [-0.2, -0.15) is 0 Å². The molecule has 0 radical (unpaired) electrons. The summed E-state index contributed by atoms with van der Waals surface area (Å²) in [5.74, 6) is 0. The van der Waals surface area contributed by atoms with Crippen LogP contribution in [0.15, 0.2) is 59.5 Å². The molecule has 0 unspecified atom stereocenters. The van der Waals surface area contributed by atoms with Crippen molar-refractivity contribution in [1.29, 1.82) is 0 Å². The first kappa shape index (κ1) is 9.31. The van der Waals surface area contributed by atoms with E-state index in [-0.39, 0.29) is 0 Å². The molecule has 0 saturated heterocycles. The number of nitrogens with two attached hydrogens (primary N) is 1. The molecule has 2 aromatic carbocycles. The predicted molar refractivity (Wildman–Crippen MR) is 61.9 cm³/mol. The van der Waals surface area contributed by atoms with E-state index in [4.69, 9.17) is 5.14 Å². The quantitative estimate of drug-likeness (QED) is 0.754. The van der Waals surface area contributed by atoms with Gasteiger partial charge in [-0.05, 0) is 35.2 Å². The van der Waals surface area contributed by atoms with Crippen molar-refractivity contribution in [3.8, 4) is 11.1 Å². The van der Waals surface area contributed by atoms with Crippen molar-refractivity contribution in [2.75, 3.05) is 0 Å². The summed E-state index contributed by atoms with van der Waals surface area (Å²) in [6.45, 7) is 0. The van der Waals surface area contributed by atoms with Crippen molar-refractivity contribution >= 4 is 11.9 Å². The van der Waals surface area contributed by atoms with Crippen LogP contribution in [0.5, 0.6) is 0 Å². The Hall–Kier alpha value is -1.25. The number of rotatable bonds is 2. The fourth-order valence-corrected chi connectivity index (χ4v) is 1.73. The molecule has 0 aliphatic heterocycles. The third kappa shape index (κ3) is 1.97. The van der Waals surface area contributed by atoms with Gasteiger partial charge in [0.2, 0.25) is 0 Å². The zero-order valence-corrected chi connectivity index (χ0v) is 8.50. The second-order valence-electron chi connectivity index (χ2n) is 3.01. The summed E-state index contributed by atoms with van der Waals surface area (Å²) < 4.78 is 0. The van der Waals surface area contributed by atoms with E-state index >= 15 is 0 Å². The van der Waals surface area contributed by atoms with Gasteiger partial charge in [0.1, 0.15) is 0 Å². The van der Waals surface area contributed by atoms with E-state index in [1.54, 1.807) is 0 Å². The smallest absolute Gasteiger partial charge is 0.0232 e. The van der Waals surface area contributed by atoms with E-state index in [9.17, 15) is 0 Å². The first-order chi connectivity index (χ1) is 6.90. The summed E-state index contributed by atoms with van der Waals surface area (Å²) in [6.07, 6.45) is 0. The Kier molecular flexibility index (Phi) is 2.87. The van der Waals surface area contributed by atoms with E-state index in [0.717, 1.165) is 4.90 Å². The maximum atomic E-state index is 5.51. The van der Waals surface area contributed by atoms with Crippen LogP contribution in [0.2, 0.25) is 0 Å². The van der Waals surface area contributed by atoms with Crippen LogP contribution in [-0.2, 0) is 0 Å². The molecule has 0 aliphatic rings. The lowest BCUT2D eigenvalue weighted by Crippen LogP contribution is -1.81. The normalized spacial score (nSPS) is 10.1. The minimum Gasteiger partial charge on any atom is -0.274 e. The van der Waals surface area contributed by atoms with Gasteiger partial charge < -0.3 is 0 Å². The summed E-state index contributed by atoms with van der Waals surface area (Å²) >= 11 is 1.28. The van der Waals surface area contributed by atoms with Gasteiger partial charge in [-0.25, -0.2) is 0 Å². The van der Waals surface area contributed by atoms with Gasteiger partial charge in [0.25, 0.3) is 0 Å². The maximum Gasteiger partial charge on any atom is 0.0232 e. The molecule has 2 aromatic rings. The van der Waals surface area contributed by atoms with Crippen LogP contribution >= 0.6 is 11.9 Å². The van der Waals surface area contributed by atoms with Gasteiger partial charge in [0.05, 0.1) is 0 Å². The average Bonchev–Trinajstić information content (AvgIpc) is 2.30. The minimum atomic E-state index is 1.09. The van der Waals surface area contributed by atoms with Crippen LogP contribution < -0.4 is 5.14 Å². The van der Waals surface area contributed by atoms with Crippen molar-refractivity contribution in [2.24, 2.45) is 5.14 Å². The van der Waals surface area contributed by atoms with Crippen LogP contribution in [0.1, 0.15) is 0 Å². The molecule has 2 rings (SSSR count). The van der Waals surface area contributed by atoms with E-state index in [1.165, 1.54) is 23.1 Å². The van der Waals surface area contributed by atoms with E-state index < -0.39 is 0 Å². The van der Waals surface area contributed by atoms with Gasteiger partial charge in [0.15, 0.2) is 0 Å². The van der Waals surface area contributed by atoms with E-state index in [2.05, 4.69) is 24.3 Å². The lowest BCUT2D eigenvalue weighted by molar-refractivity contribution is 1.45. The topological polar surface area (TPSA) is 26.0 Å². The molecule has 0 atom stereocenters. The monoisotopic (exact) mass is 201 g/mol. The highest BCUT2D eigenvalue weighted by Gasteiger charge is 1.97. The minimum absolute atomic E-state index is 1.09. The number of hydrogen-bond acceptors (Lipinski definition) is 2. The Bertz CT molecular complexity index is 412. The molecular formula is C12H11NS. The van der Waals surface area contributed by atoms with E-state index in [1.807, 2.05) is 30.3 Å². The average molecular weight is 201 g/mol. The first-order valence-corrected chi connectivity index (χ1v) is 5.30. The highest BCUT2D eigenvalue weighted by molar-refractivity contribution is 7.97. The van der Waals surface area contributed by atoms with Gasteiger partial charge in [0, 0.05) is 4.90 Å². The van der Waals surface area contributed by atoms with Crippen molar-refractivity contribution in [1.82, 2.24) is 0 Å². The lowest BCUT2D eigenvalue weighted by Gasteiger charge is -2.02. The Morgan fingerprint density at radius 3 is 2.21 bits per heavy atom. The van der Waals surface area contributed by atoms with Gasteiger partial charge >= 0.3 is 0 Å². The van der Waals surface area contributed by atoms with Crippen molar-refractivity contribution in [2.45, 2.75) is 4.90 Å². The van der Waals surface area contributed by atoms with E-state index in [0.29, 0.717) is 0 Å². The van der Waals surface area contributed by atoms with Gasteiger partial charge in [-0.15, -0.1) is 0 Å². The zero-order valence-electron chi connectivity index (χ0n) is 7.68. The third-order valence-electron chi connectivity index (χ3n) is 2.08. The van der Waals surface area contributed by atoms with Crippen LogP contribution in [0.25, 0.3) is 11.1 Å². The second-order valence-corrected chi connectivity index (χ2v) is 3.72. The standard InChI is InChI=1S/C12H11NS/c13-14-12-8-4-7-11(9-12)10-5-2-1-3-6-10/h1-9H,13H2. The Morgan fingerprint density at radius 2 is 1.50 bits per heavy atom. The summed E-state index contributed by atoms with van der Waals surface area (Å²) in [5, 5.41) is 5.51. The molecule has 0 fully saturated rings. The highest BCUT2D eigenvalue weighted by Crippen LogP contribution is 2.22. The van der Waals surface area contributed by atoms with Crippen LogP contribution in [0.3, 0.4) is 0 Å². The van der Waals surface area contributed by atoms with Crippen LogP contribution in [0, 0.1) is 0 Å².